The van der Waals surface area contributed by atoms with Crippen LogP contribution in [-0.4, -0.2) is 22.2 Å². The number of rotatable bonds is 3. The summed E-state index contributed by atoms with van der Waals surface area (Å²) in [5.41, 5.74) is 0.842. The van der Waals surface area contributed by atoms with Gasteiger partial charge in [-0.05, 0) is 12.0 Å². The summed E-state index contributed by atoms with van der Waals surface area (Å²) in [5.74, 6) is -0.381. The van der Waals surface area contributed by atoms with Crippen LogP contribution in [-0.2, 0) is 11.3 Å². The lowest BCUT2D eigenvalue weighted by Gasteiger charge is -2.06. The van der Waals surface area contributed by atoms with Gasteiger partial charge >= 0.3 is 5.97 Å². The van der Waals surface area contributed by atoms with E-state index in [9.17, 15) is 4.79 Å². The molecule has 1 atom stereocenters. The van der Waals surface area contributed by atoms with Gasteiger partial charge in [-0.2, -0.15) is 0 Å². The fourth-order valence-corrected chi connectivity index (χ4v) is 1.80. The van der Waals surface area contributed by atoms with Crippen molar-refractivity contribution >= 4 is 5.97 Å². The number of carboxylic acid groups (broad SMARTS) is 1. The third-order valence-corrected chi connectivity index (χ3v) is 2.57. The second-order valence-electron chi connectivity index (χ2n) is 3.45. The van der Waals surface area contributed by atoms with Gasteiger partial charge in [-0.15, -0.1) is 0 Å². The van der Waals surface area contributed by atoms with Crippen molar-refractivity contribution in [1.82, 2.24) is 4.57 Å². The number of nitrogens with zero attached hydrogens (tertiary/aromatic N) is 1. The van der Waals surface area contributed by atoms with Crippen molar-refractivity contribution in [1.29, 1.82) is 0 Å². The summed E-state index contributed by atoms with van der Waals surface area (Å²) in [6.07, 6.45) is 2.49. The van der Waals surface area contributed by atoms with E-state index in [0.717, 1.165) is 18.0 Å². The Hall–Kier alpha value is -1.45. The van der Waals surface area contributed by atoms with Crippen LogP contribution in [0.15, 0.2) is 12.3 Å². The number of carbonyl (C=O) groups is 1. The van der Waals surface area contributed by atoms with E-state index < -0.39 is 11.9 Å². The van der Waals surface area contributed by atoms with Crippen LogP contribution < -0.4 is 4.74 Å². The van der Waals surface area contributed by atoms with Crippen LogP contribution in [0.25, 0.3) is 0 Å². The molecule has 1 unspecified atom stereocenters. The largest absolute Gasteiger partial charge is 0.481 e. The first-order valence-electron chi connectivity index (χ1n) is 4.78. The van der Waals surface area contributed by atoms with Crippen LogP contribution in [0.3, 0.4) is 0 Å². The van der Waals surface area contributed by atoms with E-state index in [-0.39, 0.29) is 0 Å². The molecule has 14 heavy (non-hydrogen) atoms. The van der Waals surface area contributed by atoms with Gasteiger partial charge in [0, 0.05) is 12.3 Å². The maximum Gasteiger partial charge on any atom is 0.311 e. The van der Waals surface area contributed by atoms with Gasteiger partial charge < -0.3 is 14.4 Å². The average molecular weight is 195 g/mol. The second kappa shape index (κ2) is 3.36. The molecule has 0 spiro atoms. The van der Waals surface area contributed by atoms with Crippen LogP contribution in [0.4, 0.5) is 0 Å². The Morgan fingerprint density at radius 3 is 3.14 bits per heavy atom. The third kappa shape index (κ3) is 1.36. The predicted molar refractivity (Wildman–Crippen MR) is 50.6 cm³/mol. The maximum absolute atomic E-state index is 10.9. The maximum atomic E-state index is 10.9. The molecule has 0 bridgehead atoms. The highest BCUT2D eigenvalue weighted by Crippen LogP contribution is 2.28. The Labute approximate surface area is 82.1 Å². The lowest BCUT2D eigenvalue weighted by atomic mass is 10.00. The lowest BCUT2D eigenvalue weighted by molar-refractivity contribution is -0.138. The number of aliphatic carboxylic acids is 1. The van der Waals surface area contributed by atoms with Crippen molar-refractivity contribution in [2.45, 2.75) is 25.8 Å². The molecule has 1 aromatic heterocycles. The Morgan fingerprint density at radius 1 is 1.79 bits per heavy atom. The van der Waals surface area contributed by atoms with E-state index in [2.05, 4.69) is 0 Å². The van der Waals surface area contributed by atoms with Crippen molar-refractivity contribution in [3.8, 4) is 5.88 Å². The Bertz CT molecular complexity index is 335. The number of ether oxygens (including phenoxy) is 1. The molecule has 0 saturated carbocycles. The molecule has 0 amide bonds. The van der Waals surface area contributed by atoms with Crippen molar-refractivity contribution in [3.63, 3.8) is 0 Å². The summed E-state index contributed by atoms with van der Waals surface area (Å²) in [7, 11) is 0. The van der Waals surface area contributed by atoms with Crippen LogP contribution in [0, 0.1) is 0 Å². The van der Waals surface area contributed by atoms with Gasteiger partial charge in [-0.25, -0.2) is 0 Å². The quantitative estimate of drug-likeness (QED) is 0.794. The Morgan fingerprint density at radius 2 is 2.57 bits per heavy atom. The van der Waals surface area contributed by atoms with E-state index in [1.807, 2.05) is 23.8 Å². The molecule has 1 aromatic rings. The second-order valence-corrected chi connectivity index (χ2v) is 3.45. The van der Waals surface area contributed by atoms with Gasteiger partial charge in [-0.1, -0.05) is 6.92 Å². The highest BCUT2D eigenvalue weighted by molar-refractivity contribution is 5.76. The SMILES string of the molecule is CCC(C(=O)O)c1cc2n(c1)CCO2. The van der Waals surface area contributed by atoms with Gasteiger partial charge in [0.05, 0.1) is 12.5 Å². The topological polar surface area (TPSA) is 51.5 Å². The molecule has 1 aliphatic heterocycles. The summed E-state index contributed by atoms with van der Waals surface area (Å²) in [5, 5.41) is 8.97. The number of hydrogen-bond acceptors (Lipinski definition) is 2. The smallest absolute Gasteiger partial charge is 0.311 e. The van der Waals surface area contributed by atoms with Crippen LogP contribution >= 0.6 is 0 Å². The first-order valence-corrected chi connectivity index (χ1v) is 4.78. The fourth-order valence-electron chi connectivity index (χ4n) is 1.80. The van der Waals surface area contributed by atoms with E-state index in [1.165, 1.54) is 0 Å². The summed E-state index contributed by atoms with van der Waals surface area (Å²) in [4.78, 5) is 10.9. The van der Waals surface area contributed by atoms with Crippen molar-refractivity contribution in [2.24, 2.45) is 0 Å². The van der Waals surface area contributed by atoms with Gasteiger partial charge in [0.2, 0.25) is 0 Å². The monoisotopic (exact) mass is 195 g/mol. The summed E-state index contributed by atoms with van der Waals surface area (Å²) in [6, 6.07) is 1.83. The standard InChI is InChI=1S/C10H13NO3/c1-2-8(10(12)13)7-5-9-11(6-7)3-4-14-9/h5-6,8H,2-4H2,1H3,(H,12,13). The zero-order valence-electron chi connectivity index (χ0n) is 8.06. The third-order valence-electron chi connectivity index (χ3n) is 2.57. The van der Waals surface area contributed by atoms with Gasteiger partial charge in [0.25, 0.3) is 0 Å². The van der Waals surface area contributed by atoms with E-state index in [0.29, 0.717) is 13.0 Å². The predicted octanol–water partition coefficient (Wildman–Crippen LogP) is 1.46. The number of carboxylic acids is 1. The molecule has 1 N–H and O–H groups in total. The summed E-state index contributed by atoms with van der Waals surface area (Å²) in [6.45, 7) is 3.40. The van der Waals surface area contributed by atoms with E-state index >= 15 is 0 Å². The van der Waals surface area contributed by atoms with E-state index in [1.54, 1.807) is 0 Å². The van der Waals surface area contributed by atoms with Gasteiger partial charge in [-0.3, -0.25) is 4.79 Å². The molecule has 1 aliphatic rings. The van der Waals surface area contributed by atoms with Crippen molar-refractivity contribution in [3.05, 3.63) is 17.8 Å². The van der Waals surface area contributed by atoms with Gasteiger partial charge in [0.1, 0.15) is 6.61 Å². The normalized spacial score (nSPS) is 16.1. The minimum Gasteiger partial charge on any atom is -0.481 e. The Balaban J connectivity index is 2.27. The first kappa shape index (κ1) is 9.12. The van der Waals surface area contributed by atoms with Crippen molar-refractivity contribution in [2.75, 3.05) is 6.61 Å². The number of fused-ring (bicyclic) bond motifs is 1. The lowest BCUT2D eigenvalue weighted by Crippen LogP contribution is -2.09. The van der Waals surface area contributed by atoms with Crippen LogP contribution in [0.1, 0.15) is 24.8 Å². The first-order chi connectivity index (χ1) is 6.72. The zero-order valence-corrected chi connectivity index (χ0v) is 8.06. The molecular formula is C10H13NO3. The van der Waals surface area contributed by atoms with Crippen LogP contribution in [0.5, 0.6) is 5.88 Å². The number of aromatic nitrogens is 1. The average Bonchev–Trinajstić information content (AvgIpc) is 2.63. The minimum atomic E-state index is -0.767. The zero-order chi connectivity index (χ0) is 10.1. The Kier molecular flexibility index (Phi) is 2.19. The summed E-state index contributed by atoms with van der Waals surface area (Å²) < 4.78 is 7.28. The molecule has 2 rings (SSSR count). The van der Waals surface area contributed by atoms with Gasteiger partial charge in [0.15, 0.2) is 5.88 Å². The highest BCUT2D eigenvalue weighted by atomic mass is 16.5. The summed E-state index contributed by atoms with van der Waals surface area (Å²) >= 11 is 0. The highest BCUT2D eigenvalue weighted by Gasteiger charge is 2.22. The molecule has 0 fully saturated rings. The molecule has 4 nitrogen and oxygen atoms in total. The molecule has 0 aromatic carbocycles. The molecule has 76 valence electrons. The van der Waals surface area contributed by atoms with Crippen LogP contribution in [0.2, 0.25) is 0 Å². The van der Waals surface area contributed by atoms with E-state index in [4.69, 9.17) is 9.84 Å². The van der Waals surface area contributed by atoms with Crippen molar-refractivity contribution < 1.29 is 14.6 Å². The molecule has 0 radical (unpaired) electrons. The minimum absolute atomic E-state index is 0.406. The molecule has 2 heterocycles. The molecule has 4 heteroatoms. The molecule has 0 aliphatic carbocycles. The molecule has 0 saturated heterocycles. The molecular weight excluding hydrogens is 182 g/mol. The fraction of sp³-hybridized carbons (Fsp3) is 0.500. The number of hydrogen-bond donors (Lipinski definition) is 1.